The Morgan fingerprint density at radius 3 is 2.57 bits per heavy atom. The van der Waals surface area contributed by atoms with Crippen molar-refractivity contribution in [3.05, 3.63) is 35.9 Å². The molecule has 1 aromatic rings. The van der Waals surface area contributed by atoms with Crippen LogP contribution in [0.15, 0.2) is 30.3 Å². The first-order valence-corrected chi connectivity index (χ1v) is 7.82. The Bertz CT molecular complexity index is 428. The molecule has 1 atom stereocenters. The number of methoxy groups -OCH3 is 1. The molecule has 0 aliphatic carbocycles. The van der Waals surface area contributed by atoms with Crippen LogP contribution in [0.1, 0.15) is 37.8 Å². The van der Waals surface area contributed by atoms with Crippen LogP contribution in [-0.4, -0.2) is 43.7 Å². The lowest BCUT2D eigenvalue weighted by Gasteiger charge is -2.34. The van der Waals surface area contributed by atoms with Gasteiger partial charge < -0.3 is 15.0 Å². The molecule has 1 fully saturated rings. The lowest BCUT2D eigenvalue weighted by Crippen LogP contribution is -2.46. The fraction of sp³-hybridized carbons (Fsp3) is 0.588. The molecule has 0 spiro atoms. The number of carbonyl (C=O) groups excluding carboxylic acids is 1. The summed E-state index contributed by atoms with van der Waals surface area (Å²) in [6.07, 6.45) is 3.10. The Hall–Kier alpha value is -1.39. The lowest BCUT2D eigenvalue weighted by atomic mass is 9.99. The van der Waals surface area contributed by atoms with Crippen LogP contribution in [0.5, 0.6) is 0 Å². The number of hydrogen-bond donors (Lipinski definition) is 1. The van der Waals surface area contributed by atoms with Gasteiger partial charge in [-0.3, -0.25) is 4.79 Å². The summed E-state index contributed by atoms with van der Waals surface area (Å²) in [6, 6.07) is 11.5. The predicted molar refractivity (Wildman–Crippen MR) is 84.1 cm³/mol. The molecular formula is C17H26N2O2. The first kappa shape index (κ1) is 16.0. The van der Waals surface area contributed by atoms with Crippen molar-refractivity contribution in [3.63, 3.8) is 0 Å². The molecule has 2 rings (SSSR count). The summed E-state index contributed by atoms with van der Waals surface area (Å²) in [6.45, 7) is 4.05. The average Bonchev–Trinajstić information content (AvgIpc) is 2.54. The van der Waals surface area contributed by atoms with E-state index in [4.69, 9.17) is 4.74 Å². The number of nitrogens with zero attached hydrogens (tertiary/aromatic N) is 1. The van der Waals surface area contributed by atoms with Crippen molar-refractivity contribution >= 4 is 5.91 Å². The number of ether oxygens (including phenoxy) is 1. The molecule has 1 heterocycles. The molecule has 0 aromatic heterocycles. The number of likely N-dealkylation sites (tertiary alicyclic amines) is 1. The molecule has 1 aliphatic rings. The Labute approximate surface area is 127 Å². The van der Waals surface area contributed by atoms with Crippen LogP contribution in [0.2, 0.25) is 0 Å². The van der Waals surface area contributed by atoms with Gasteiger partial charge in [-0.2, -0.15) is 0 Å². The highest BCUT2D eigenvalue weighted by molar-refractivity contribution is 5.77. The van der Waals surface area contributed by atoms with E-state index in [9.17, 15) is 4.79 Å². The molecule has 1 amide bonds. The predicted octanol–water partition coefficient (Wildman–Crippen LogP) is 2.36. The minimum Gasteiger partial charge on any atom is -0.375 e. The van der Waals surface area contributed by atoms with Gasteiger partial charge in [-0.15, -0.1) is 0 Å². The molecule has 1 N–H and O–H groups in total. The molecule has 4 heteroatoms. The van der Waals surface area contributed by atoms with Crippen LogP contribution < -0.4 is 5.32 Å². The fourth-order valence-corrected chi connectivity index (χ4v) is 2.93. The highest BCUT2D eigenvalue weighted by Gasteiger charge is 2.24. The third-order valence-corrected chi connectivity index (χ3v) is 4.16. The first-order valence-electron chi connectivity index (χ1n) is 7.82. The van der Waals surface area contributed by atoms with Crippen LogP contribution in [0, 0.1) is 0 Å². The number of benzene rings is 1. The zero-order valence-electron chi connectivity index (χ0n) is 13.0. The third kappa shape index (κ3) is 4.55. The van der Waals surface area contributed by atoms with Crippen LogP contribution in [0.25, 0.3) is 0 Å². The van der Waals surface area contributed by atoms with E-state index in [-0.39, 0.29) is 12.5 Å². The SMILES string of the molecule is CCC(NC1CCN(C(=O)COC)CC1)c1ccccc1. The number of amides is 1. The highest BCUT2D eigenvalue weighted by Crippen LogP contribution is 2.20. The highest BCUT2D eigenvalue weighted by atomic mass is 16.5. The van der Waals surface area contributed by atoms with Crippen molar-refractivity contribution < 1.29 is 9.53 Å². The van der Waals surface area contributed by atoms with Crippen molar-refractivity contribution in [3.8, 4) is 0 Å². The van der Waals surface area contributed by atoms with Gasteiger partial charge in [0.05, 0.1) is 0 Å². The topological polar surface area (TPSA) is 41.6 Å². The third-order valence-electron chi connectivity index (χ3n) is 4.16. The van der Waals surface area contributed by atoms with Gasteiger partial charge in [-0.1, -0.05) is 37.3 Å². The summed E-state index contributed by atoms with van der Waals surface area (Å²) in [7, 11) is 1.57. The van der Waals surface area contributed by atoms with Crippen LogP contribution in [-0.2, 0) is 9.53 Å². The van der Waals surface area contributed by atoms with E-state index in [1.807, 2.05) is 4.90 Å². The van der Waals surface area contributed by atoms with Gasteiger partial charge >= 0.3 is 0 Å². The van der Waals surface area contributed by atoms with Crippen LogP contribution in [0.4, 0.5) is 0 Å². The van der Waals surface area contributed by atoms with Gasteiger partial charge in [0.1, 0.15) is 6.61 Å². The second kappa shape index (κ2) is 8.15. The quantitative estimate of drug-likeness (QED) is 0.874. The summed E-state index contributed by atoms with van der Waals surface area (Å²) >= 11 is 0. The molecule has 116 valence electrons. The molecule has 1 aliphatic heterocycles. The monoisotopic (exact) mass is 290 g/mol. The fourth-order valence-electron chi connectivity index (χ4n) is 2.93. The number of hydrogen-bond acceptors (Lipinski definition) is 3. The van der Waals surface area contributed by atoms with Crippen LogP contribution >= 0.6 is 0 Å². The minimum absolute atomic E-state index is 0.103. The van der Waals surface area contributed by atoms with Crippen molar-refractivity contribution in [2.75, 3.05) is 26.8 Å². The van der Waals surface area contributed by atoms with Crippen molar-refractivity contribution in [2.45, 2.75) is 38.3 Å². The van der Waals surface area contributed by atoms with Gasteiger partial charge in [-0.25, -0.2) is 0 Å². The minimum atomic E-state index is 0.103. The summed E-state index contributed by atoms with van der Waals surface area (Å²) in [5, 5.41) is 3.74. The largest absolute Gasteiger partial charge is 0.375 e. The van der Waals surface area contributed by atoms with Gasteiger partial charge in [0.15, 0.2) is 0 Å². The molecule has 0 radical (unpaired) electrons. The van der Waals surface area contributed by atoms with Gasteiger partial charge in [-0.05, 0) is 24.8 Å². The summed E-state index contributed by atoms with van der Waals surface area (Å²) in [5.41, 5.74) is 1.35. The van der Waals surface area contributed by atoms with Gasteiger partial charge in [0, 0.05) is 32.3 Å². The number of piperidine rings is 1. The van der Waals surface area contributed by atoms with Crippen molar-refractivity contribution in [2.24, 2.45) is 0 Å². The second-order valence-corrected chi connectivity index (χ2v) is 5.63. The summed E-state index contributed by atoms with van der Waals surface area (Å²) < 4.78 is 4.92. The molecule has 0 bridgehead atoms. The first-order chi connectivity index (χ1) is 10.2. The molecule has 1 aromatic carbocycles. The maximum absolute atomic E-state index is 11.8. The Morgan fingerprint density at radius 1 is 1.33 bits per heavy atom. The second-order valence-electron chi connectivity index (χ2n) is 5.63. The zero-order valence-corrected chi connectivity index (χ0v) is 13.0. The maximum Gasteiger partial charge on any atom is 0.248 e. The number of nitrogens with one attached hydrogen (secondary N) is 1. The van der Waals surface area contributed by atoms with E-state index < -0.39 is 0 Å². The Balaban J connectivity index is 1.83. The maximum atomic E-state index is 11.8. The Kier molecular flexibility index (Phi) is 6.21. The Morgan fingerprint density at radius 2 is 2.00 bits per heavy atom. The summed E-state index contributed by atoms with van der Waals surface area (Å²) in [5.74, 6) is 0.103. The van der Waals surface area contributed by atoms with Crippen LogP contribution in [0.3, 0.4) is 0 Å². The molecule has 4 nitrogen and oxygen atoms in total. The number of rotatable bonds is 6. The van der Waals surface area contributed by atoms with Gasteiger partial charge in [0.25, 0.3) is 0 Å². The smallest absolute Gasteiger partial charge is 0.248 e. The van der Waals surface area contributed by atoms with E-state index >= 15 is 0 Å². The molecule has 1 unspecified atom stereocenters. The normalized spacial score (nSPS) is 17.7. The zero-order chi connectivity index (χ0) is 15.1. The van der Waals surface area contributed by atoms with Gasteiger partial charge in [0.2, 0.25) is 5.91 Å². The molecule has 0 saturated carbocycles. The van der Waals surface area contributed by atoms with E-state index in [2.05, 4.69) is 42.6 Å². The molecular weight excluding hydrogens is 264 g/mol. The van der Waals surface area contributed by atoms with E-state index in [0.29, 0.717) is 12.1 Å². The lowest BCUT2D eigenvalue weighted by molar-refractivity contribution is -0.136. The average molecular weight is 290 g/mol. The van der Waals surface area contributed by atoms with E-state index in [1.54, 1.807) is 7.11 Å². The molecule has 1 saturated heterocycles. The molecule has 21 heavy (non-hydrogen) atoms. The van der Waals surface area contributed by atoms with Crippen molar-refractivity contribution in [1.82, 2.24) is 10.2 Å². The van der Waals surface area contributed by atoms with Crippen molar-refractivity contribution in [1.29, 1.82) is 0 Å². The standard InChI is InChI=1S/C17H26N2O2/c1-3-16(14-7-5-4-6-8-14)18-15-9-11-19(12-10-15)17(20)13-21-2/h4-8,15-16,18H,3,9-13H2,1-2H3. The van der Waals surface area contributed by atoms with E-state index in [0.717, 1.165) is 32.4 Å². The summed E-state index contributed by atoms with van der Waals surface area (Å²) in [4.78, 5) is 13.7. The van der Waals surface area contributed by atoms with E-state index in [1.165, 1.54) is 5.56 Å². The number of carbonyl (C=O) groups is 1.